The summed E-state index contributed by atoms with van der Waals surface area (Å²) in [5.74, 6) is 2.38. The number of hydrogen-bond donors (Lipinski definition) is 1. The van der Waals surface area contributed by atoms with Crippen LogP contribution in [-0.2, 0) is 4.79 Å². The van der Waals surface area contributed by atoms with Crippen LogP contribution in [0.4, 0.5) is 0 Å². The van der Waals surface area contributed by atoms with Gasteiger partial charge in [0, 0.05) is 13.0 Å². The van der Waals surface area contributed by atoms with Gasteiger partial charge >= 0.3 is 0 Å². The normalized spacial score (nSPS) is 24.9. The highest BCUT2D eigenvalue weighted by atomic mass is 16.1. The van der Waals surface area contributed by atoms with E-state index in [-0.39, 0.29) is 5.91 Å². The molecule has 2 heteroatoms. The van der Waals surface area contributed by atoms with Gasteiger partial charge in [0.05, 0.1) is 0 Å². The maximum Gasteiger partial charge on any atom is 0.220 e. The van der Waals surface area contributed by atoms with Crippen LogP contribution in [0.25, 0.3) is 0 Å². The molecule has 0 aromatic heterocycles. The van der Waals surface area contributed by atoms with Crippen LogP contribution < -0.4 is 5.32 Å². The second kappa shape index (κ2) is 4.64. The molecule has 0 saturated carbocycles. The monoisotopic (exact) mass is 183 g/mol. The Labute approximate surface area is 81.1 Å². The first kappa shape index (κ1) is 10.6. The lowest BCUT2D eigenvalue weighted by molar-refractivity contribution is -0.119. The van der Waals surface area contributed by atoms with Gasteiger partial charge < -0.3 is 5.32 Å². The Bertz CT molecular complexity index is 177. The number of nitrogens with one attached hydrogen (secondary N) is 1. The van der Waals surface area contributed by atoms with E-state index in [9.17, 15) is 4.79 Å². The first-order valence-corrected chi connectivity index (χ1v) is 5.34. The summed E-state index contributed by atoms with van der Waals surface area (Å²) in [7, 11) is 0. The Hall–Kier alpha value is -0.530. The molecule has 1 aliphatic heterocycles. The molecule has 0 aromatic carbocycles. The number of carbonyl (C=O) groups excluding carboxylic acids is 1. The van der Waals surface area contributed by atoms with Crippen molar-refractivity contribution in [3.05, 3.63) is 0 Å². The summed E-state index contributed by atoms with van der Waals surface area (Å²) in [5, 5.41) is 2.89. The minimum absolute atomic E-state index is 0.238. The summed E-state index contributed by atoms with van der Waals surface area (Å²) < 4.78 is 0. The standard InChI is InChI=1S/C11H21NO/c1-8(2)4-9(3)5-10-6-11(13)12-7-10/h8-10H,4-7H2,1-3H3,(H,12,13). The second-order valence-corrected chi connectivity index (χ2v) is 4.84. The van der Waals surface area contributed by atoms with Crippen molar-refractivity contribution >= 4 is 5.91 Å². The maximum absolute atomic E-state index is 10.9. The number of rotatable bonds is 4. The Kier molecular flexibility index (Phi) is 3.76. The average Bonchev–Trinajstić information content (AvgIpc) is 2.33. The quantitative estimate of drug-likeness (QED) is 0.711. The zero-order valence-corrected chi connectivity index (χ0v) is 8.97. The molecule has 1 N–H and O–H groups in total. The first-order chi connectivity index (χ1) is 6.08. The minimum Gasteiger partial charge on any atom is -0.356 e. The molecule has 1 heterocycles. The molecule has 0 bridgehead atoms. The maximum atomic E-state index is 10.9. The summed E-state index contributed by atoms with van der Waals surface area (Å²) in [6, 6.07) is 0. The minimum atomic E-state index is 0.238. The molecule has 76 valence electrons. The third kappa shape index (κ3) is 3.79. The lowest BCUT2D eigenvalue weighted by Crippen LogP contribution is -2.15. The highest BCUT2D eigenvalue weighted by molar-refractivity contribution is 5.78. The van der Waals surface area contributed by atoms with Crippen molar-refractivity contribution in [1.82, 2.24) is 5.32 Å². The highest BCUT2D eigenvalue weighted by Gasteiger charge is 2.23. The topological polar surface area (TPSA) is 29.1 Å². The molecule has 2 unspecified atom stereocenters. The molecule has 1 amide bonds. The van der Waals surface area contributed by atoms with E-state index < -0.39 is 0 Å². The molecule has 1 aliphatic rings. The van der Waals surface area contributed by atoms with Crippen LogP contribution in [0.15, 0.2) is 0 Å². The lowest BCUT2D eigenvalue weighted by Gasteiger charge is -2.16. The molecule has 0 aliphatic carbocycles. The number of carbonyl (C=O) groups is 1. The largest absolute Gasteiger partial charge is 0.356 e. The van der Waals surface area contributed by atoms with E-state index in [1.165, 1.54) is 12.8 Å². The second-order valence-electron chi connectivity index (χ2n) is 4.84. The van der Waals surface area contributed by atoms with Crippen LogP contribution in [0.3, 0.4) is 0 Å². The van der Waals surface area contributed by atoms with Gasteiger partial charge in [-0.15, -0.1) is 0 Å². The van der Waals surface area contributed by atoms with Gasteiger partial charge in [-0.05, 0) is 30.6 Å². The van der Waals surface area contributed by atoms with Crippen LogP contribution in [0.5, 0.6) is 0 Å². The zero-order chi connectivity index (χ0) is 9.84. The Morgan fingerprint density at radius 3 is 2.62 bits per heavy atom. The molecule has 1 rings (SSSR count). The number of hydrogen-bond acceptors (Lipinski definition) is 1. The first-order valence-electron chi connectivity index (χ1n) is 5.34. The molecule has 1 fully saturated rings. The fraction of sp³-hybridized carbons (Fsp3) is 0.909. The predicted octanol–water partition coefficient (Wildman–Crippen LogP) is 2.19. The molecule has 2 atom stereocenters. The molecular weight excluding hydrogens is 162 g/mol. The third-order valence-corrected chi connectivity index (χ3v) is 2.67. The van der Waals surface area contributed by atoms with Crippen molar-refractivity contribution in [2.45, 2.75) is 40.0 Å². The lowest BCUT2D eigenvalue weighted by atomic mass is 9.89. The van der Waals surface area contributed by atoms with E-state index in [4.69, 9.17) is 0 Å². The SMILES string of the molecule is CC(C)CC(C)CC1CNC(=O)C1. The van der Waals surface area contributed by atoms with E-state index >= 15 is 0 Å². The van der Waals surface area contributed by atoms with E-state index in [1.54, 1.807) is 0 Å². The van der Waals surface area contributed by atoms with Gasteiger partial charge in [-0.2, -0.15) is 0 Å². The zero-order valence-electron chi connectivity index (χ0n) is 8.97. The molecular formula is C11H21NO. The third-order valence-electron chi connectivity index (χ3n) is 2.67. The molecule has 13 heavy (non-hydrogen) atoms. The van der Waals surface area contributed by atoms with E-state index in [1.807, 2.05) is 0 Å². The van der Waals surface area contributed by atoms with Gasteiger partial charge in [0.1, 0.15) is 0 Å². The van der Waals surface area contributed by atoms with Gasteiger partial charge in [0.25, 0.3) is 0 Å². The van der Waals surface area contributed by atoms with E-state index in [0.29, 0.717) is 5.92 Å². The van der Waals surface area contributed by atoms with Crippen molar-refractivity contribution in [1.29, 1.82) is 0 Å². The van der Waals surface area contributed by atoms with Gasteiger partial charge in [-0.25, -0.2) is 0 Å². The van der Waals surface area contributed by atoms with Gasteiger partial charge in [0.2, 0.25) is 5.91 Å². The Morgan fingerprint density at radius 1 is 1.46 bits per heavy atom. The fourth-order valence-corrected chi connectivity index (χ4v) is 2.30. The van der Waals surface area contributed by atoms with Crippen LogP contribution >= 0.6 is 0 Å². The molecule has 2 nitrogen and oxygen atoms in total. The van der Waals surface area contributed by atoms with E-state index in [0.717, 1.165) is 24.8 Å². The van der Waals surface area contributed by atoms with E-state index in [2.05, 4.69) is 26.1 Å². The summed E-state index contributed by atoms with van der Waals surface area (Å²) in [4.78, 5) is 10.9. The van der Waals surface area contributed by atoms with Crippen LogP contribution in [0.2, 0.25) is 0 Å². The van der Waals surface area contributed by atoms with Gasteiger partial charge in [-0.1, -0.05) is 20.8 Å². The van der Waals surface area contributed by atoms with Crippen molar-refractivity contribution in [2.75, 3.05) is 6.54 Å². The summed E-state index contributed by atoms with van der Waals surface area (Å²) in [6.45, 7) is 7.72. The van der Waals surface area contributed by atoms with Gasteiger partial charge in [-0.3, -0.25) is 4.79 Å². The molecule has 0 radical (unpaired) electrons. The highest BCUT2D eigenvalue weighted by Crippen LogP contribution is 2.23. The summed E-state index contributed by atoms with van der Waals surface area (Å²) >= 11 is 0. The van der Waals surface area contributed by atoms with Crippen LogP contribution in [-0.4, -0.2) is 12.5 Å². The van der Waals surface area contributed by atoms with Crippen LogP contribution in [0.1, 0.15) is 40.0 Å². The van der Waals surface area contributed by atoms with Crippen molar-refractivity contribution in [3.8, 4) is 0 Å². The Balaban J connectivity index is 2.20. The molecule has 0 spiro atoms. The summed E-state index contributed by atoms with van der Waals surface area (Å²) in [5.41, 5.74) is 0. The molecule has 1 saturated heterocycles. The van der Waals surface area contributed by atoms with Crippen LogP contribution in [0, 0.1) is 17.8 Å². The smallest absolute Gasteiger partial charge is 0.220 e. The van der Waals surface area contributed by atoms with Crippen molar-refractivity contribution in [3.63, 3.8) is 0 Å². The van der Waals surface area contributed by atoms with Crippen molar-refractivity contribution < 1.29 is 4.79 Å². The Morgan fingerprint density at radius 2 is 2.15 bits per heavy atom. The van der Waals surface area contributed by atoms with Gasteiger partial charge in [0.15, 0.2) is 0 Å². The molecule has 0 aromatic rings. The average molecular weight is 183 g/mol. The number of amides is 1. The fourth-order valence-electron chi connectivity index (χ4n) is 2.30. The predicted molar refractivity (Wildman–Crippen MR) is 54.4 cm³/mol. The summed E-state index contributed by atoms with van der Waals surface area (Å²) in [6.07, 6.45) is 3.24. The van der Waals surface area contributed by atoms with Crippen molar-refractivity contribution in [2.24, 2.45) is 17.8 Å².